The summed E-state index contributed by atoms with van der Waals surface area (Å²) in [6.45, 7) is 1.63. The van der Waals surface area contributed by atoms with Crippen LogP contribution in [-0.2, 0) is 14.8 Å². The van der Waals surface area contributed by atoms with Crippen LogP contribution in [0.5, 0.6) is 5.75 Å². The zero-order chi connectivity index (χ0) is 20.9. The molecule has 6 nitrogen and oxygen atoms in total. The minimum atomic E-state index is -3.60. The predicted molar refractivity (Wildman–Crippen MR) is 106 cm³/mol. The first-order chi connectivity index (χ1) is 13.6. The van der Waals surface area contributed by atoms with Crippen molar-refractivity contribution in [1.29, 1.82) is 0 Å². The molecule has 0 aromatic heterocycles. The highest BCUT2D eigenvalue weighted by Gasteiger charge is 2.69. The third-order valence-corrected chi connectivity index (χ3v) is 7.28. The summed E-state index contributed by atoms with van der Waals surface area (Å²) in [4.78, 5) is 12.4. The van der Waals surface area contributed by atoms with Gasteiger partial charge >= 0.3 is 0 Å². The summed E-state index contributed by atoms with van der Waals surface area (Å²) in [5.41, 5.74) is 0.0817. The first-order valence-electron chi connectivity index (χ1n) is 9.10. The van der Waals surface area contributed by atoms with Crippen molar-refractivity contribution in [2.45, 2.75) is 42.2 Å². The van der Waals surface area contributed by atoms with Gasteiger partial charge in [-0.2, -0.15) is 0 Å². The van der Waals surface area contributed by atoms with Gasteiger partial charge in [-0.15, -0.1) is 0 Å². The minimum absolute atomic E-state index is 0.0194. The summed E-state index contributed by atoms with van der Waals surface area (Å²) in [6.07, 6.45) is 1.60. The van der Waals surface area contributed by atoms with E-state index < -0.39 is 26.9 Å². The van der Waals surface area contributed by atoms with Gasteiger partial charge in [-0.05, 0) is 50.5 Å². The average Bonchev–Trinajstić information content (AvgIpc) is 2.60. The van der Waals surface area contributed by atoms with Crippen LogP contribution in [0, 0.1) is 12.7 Å². The molecule has 3 aliphatic rings. The molecule has 3 aliphatic carbocycles. The monoisotopic (exact) mass is 438 g/mol. The largest absolute Gasteiger partial charge is 0.484 e. The Labute approximate surface area is 173 Å². The molecule has 2 aromatic rings. The first-order valence-corrected chi connectivity index (χ1v) is 11.0. The van der Waals surface area contributed by atoms with E-state index in [-0.39, 0.29) is 28.2 Å². The summed E-state index contributed by atoms with van der Waals surface area (Å²) in [7, 11) is -3.60. The SMILES string of the molecule is Cc1ccc(S(=O)(=O)NC23CC(NC(=O)COc4ccc(Cl)c(F)c4)(C2)C3)cc1. The van der Waals surface area contributed by atoms with E-state index in [2.05, 4.69) is 10.0 Å². The Balaban J connectivity index is 1.28. The van der Waals surface area contributed by atoms with E-state index in [1.807, 2.05) is 6.92 Å². The predicted octanol–water partition coefficient (Wildman–Crippen LogP) is 2.94. The van der Waals surface area contributed by atoms with Crippen molar-refractivity contribution >= 4 is 27.5 Å². The lowest BCUT2D eigenvalue weighted by molar-refractivity contribution is -0.139. The van der Waals surface area contributed by atoms with E-state index in [9.17, 15) is 17.6 Å². The lowest BCUT2D eigenvalue weighted by Crippen LogP contribution is -2.83. The maximum absolute atomic E-state index is 13.4. The third-order valence-electron chi connectivity index (χ3n) is 5.38. The van der Waals surface area contributed by atoms with Crippen molar-refractivity contribution in [3.8, 4) is 5.75 Å². The molecule has 29 heavy (non-hydrogen) atoms. The van der Waals surface area contributed by atoms with E-state index in [0.717, 1.165) is 11.6 Å². The maximum atomic E-state index is 13.4. The Kier molecular flexibility index (Phi) is 4.83. The summed E-state index contributed by atoms with van der Waals surface area (Å²) in [6, 6.07) is 10.6. The fourth-order valence-corrected chi connectivity index (χ4v) is 5.65. The first kappa shape index (κ1) is 20.1. The van der Waals surface area contributed by atoms with Gasteiger partial charge in [0.15, 0.2) is 6.61 Å². The number of carbonyl (C=O) groups is 1. The van der Waals surface area contributed by atoms with Crippen LogP contribution < -0.4 is 14.8 Å². The molecular weight excluding hydrogens is 419 g/mol. The van der Waals surface area contributed by atoms with E-state index >= 15 is 0 Å². The van der Waals surface area contributed by atoms with Crippen LogP contribution >= 0.6 is 11.6 Å². The lowest BCUT2D eigenvalue weighted by Gasteiger charge is -2.70. The number of nitrogens with one attached hydrogen (secondary N) is 2. The summed E-state index contributed by atoms with van der Waals surface area (Å²) in [5, 5.41) is 2.87. The maximum Gasteiger partial charge on any atom is 0.258 e. The Bertz CT molecular complexity index is 1050. The number of amides is 1. The van der Waals surface area contributed by atoms with Gasteiger partial charge in [-0.1, -0.05) is 29.3 Å². The van der Waals surface area contributed by atoms with Gasteiger partial charge in [0.05, 0.1) is 9.92 Å². The van der Waals surface area contributed by atoms with Gasteiger partial charge in [0.25, 0.3) is 5.91 Å². The number of halogens is 2. The lowest BCUT2D eigenvalue weighted by atomic mass is 9.44. The Morgan fingerprint density at radius 3 is 2.41 bits per heavy atom. The van der Waals surface area contributed by atoms with Crippen molar-refractivity contribution in [2.75, 3.05) is 6.61 Å². The molecule has 0 atom stereocenters. The number of rotatable bonds is 7. The summed E-state index contributed by atoms with van der Waals surface area (Å²) >= 11 is 5.61. The van der Waals surface area contributed by atoms with E-state index in [0.29, 0.717) is 19.3 Å². The number of aryl methyl sites for hydroxylation is 1. The van der Waals surface area contributed by atoms with Gasteiger partial charge in [-0.25, -0.2) is 17.5 Å². The standard InChI is InChI=1S/C20H20ClFN2O4S/c1-13-2-5-15(6-3-13)29(26,27)24-20-10-19(11-20,12-20)23-18(25)9-28-14-4-7-16(21)17(22)8-14/h2-8,24H,9-12H2,1H3,(H,23,25). The number of hydrogen-bond donors (Lipinski definition) is 2. The Hall–Kier alpha value is -2.16. The molecule has 2 bridgehead atoms. The second-order valence-electron chi connectivity index (χ2n) is 7.92. The number of benzene rings is 2. The van der Waals surface area contributed by atoms with E-state index in [1.54, 1.807) is 24.3 Å². The normalized spacial score (nSPS) is 24.9. The van der Waals surface area contributed by atoms with Gasteiger partial charge < -0.3 is 10.1 Å². The van der Waals surface area contributed by atoms with Crippen LogP contribution in [0.1, 0.15) is 24.8 Å². The van der Waals surface area contributed by atoms with E-state index in [4.69, 9.17) is 16.3 Å². The fourth-order valence-electron chi connectivity index (χ4n) is 4.14. The van der Waals surface area contributed by atoms with Gasteiger partial charge in [-0.3, -0.25) is 4.79 Å². The molecule has 5 rings (SSSR count). The zero-order valence-electron chi connectivity index (χ0n) is 15.7. The van der Waals surface area contributed by atoms with Crippen molar-refractivity contribution in [3.63, 3.8) is 0 Å². The van der Waals surface area contributed by atoms with E-state index in [1.165, 1.54) is 12.1 Å². The molecule has 154 valence electrons. The topological polar surface area (TPSA) is 84.5 Å². The highest BCUT2D eigenvalue weighted by Crippen LogP contribution is 2.60. The molecule has 0 saturated heterocycles. The molecule has 0 heterocycles. The molecule has 2 aromatic carbocycles. The number of sulfonamides is 1. The fraction of sp³-hybridized carbons (Fsp3) is 0.350. The van der Waals surface area contributed by atoms with Crippen LogP contribution in [0.25, 0.3) is 0 Å². The zero-order valence-corrected chi connectivity index (χ0v) is 17.2. The highest BCUT2D eigenvalue weighted by molar-refractivity contribution is 7.89. The summed E-state index contributed by atoms with van der Waals surface area (Å²) < 4.78 is 46.6. The van der Waals surface area contributed by atoms with Crippen molar-refractivity contribution in [2.24, 2.45) is 0 Å². The number of carbonyl (C=O) groups excluding carboxylic acids is 1. The molecular formula is C20H20ClFN2O4S. The van der Waals surface area contributed by atoms with Gasteiger partial charge in [0, 0.05) is 17.1 Å². The second-order valence-corrected chi connectivity index (χ2v) is 10.0. The molecule has 0 unspecified atom stereocenters. The van der Waals surface area contributed by atoms with Crippen LogP contribution in [-0.4, -0.2) is 32.0 Å². The average molecular weight is 439 g/mol. The second kappa shape index (κ2) is 6.97. The number of ether oxygens (including phenoxy) is 1. The van der Waals surface area contributed by atoms with Crippen LogP contribution in [0.15, 0.2) is 47.4 Å². The molecule has 9 heteroatoms. The van der Waals surface area contributed by atoms with Crippen molar-refractivity contribution in [1.82, 2.24) is 10.0 Å². The van der Waals surface area contributed by atoms with Crippen LogP contribution in [0.2, 0.25) is 5.02 Å². The van der Waals surface area contributed by atoms with Gasteiger partial charge in [0.2, 0.25) is 10.0 Å². The molecule has 0 spiro atoms. The Morgan fingerprint density at radius 2 is 1.79 bits per heavy atom. The highest BCUT2D eigenvalue weighted by atomic mass is 35.5. The van der Waals surface area contributed by atoms with Crippen molar-refractivity contribution in [3.05, 3.63) is 58.9 Å². The molecule has 3 fully saturated rings. The quantitative estimate of drug-likeness (QED) is 0.696. The third kappa shape index (κ3) is 3.97. The smallest absolute Gasteiger partial charge is 0.258 e. The molecule has 1 amide bonds. The molecule has 0 aliphatic heterocycles. The van der Waals surface area contributed by atoms with Crippen LogP contribution in [0.3, 0.4) is 0 Å². The van der Waals surface area contributed by atoms with Crippen molar-refractivity contribution < 1.29 is 22.3 Å². The summed E-state index contributed by atoms with van der Waals surface area (Å²) in [5.74, 6) is -0.746. The minimum Gasteiger partial charge on any atom is -0.484 e. The number of hydrogen-bond acceptors (Lipinski definition) is 4. The van der Waals surface area contributed by atoms with Gasteiger partial charge in [0.1, 0.15) is 11.6 Å². The molecule has 3 saturated carbocycles. The molecule has 2 N–H and O–H groups in total. The Morgan fingerprint density at radius 1 is 1.14 bits per heavy atom. The molecule has 0 radical (unpaired) electrons. The van der Waals surface area contributed by atoms with Crippen LogP contribution in [0.4, 0.5) is 4.39 Å².